The predicted molar refractivity (Wildman–Crippen MR) is 53.6 cm³/mol. The fourth-order valence-corrected chi connectivity index (χ4v) is 3.31. The Morgan fingerprint density at radius 2 is 2.00 bits per heavy atom. The molecule has 2 atom stereocenters. The molecule has 2 aliphatic rings. The molecule has 2 unspecified atom stereocenters. The van der Waals surface area contributed by atoms with E-state index in [0.717, 1.165) is 29.2 Å². The van der Waals surface area contributed by atoms with Crippen LogP contribution in [0.15, 0.2) is 11.6 Å². The van der Waals surface area contributed by atoms with Crippen molar-refractivity contribution in [2.24, 2.45) is 17.3 Å². The summed E-state index contributed by atoms with van der Waals surface area (Å²) in [6, 6.07) is 0. The molecule has 0 spiro atoms. The molecule has 0 amide bonds. The van der Waals surface area contributed by atoms with Crippen LogP contribution in [0, 0.1) is 17.3 Å². The van der Waals surface area contributed by atoms with Crippen molar-refractivity contribution >= 4 is 23.2 Å². The van der Waals surface area contributed by atoms with Crippen molar-refractivity contribution in [3.63, 3.8) is 0 Å². The molecule has 0 radical (unpaired) electrons. The van der Waals surface area contributed by atoms with Crippen molar-refractivity contribution in [3.8, 4) is 0 Å². The minimum Gasteiger partial charge on any atom is -0.126 e. The molecule has 2 rings (SSSR count). The number of hydrogen-bond acceptors (Lipinski definition) is 0. The maximum absolute atomic E-state index is 5.99. The van der Waals surface area contributed by atoms with E-state index in [1.165, 1.54) is 19.3 Å². The Balaban J connectivity index is 2.00. The third-order valence-corrected chi connectivity index (χ3v) is 4.01. The summed E-state index contributed by atoms with van der Waals surface area (Å²) in [4.78, 5) is 0. The summed E-state index contributed by atoms with van der Waals surface area (Å²) in [7, 11) is 0. The Morgan fingerprint density at radius 1 is 1.42 bits per heavy atom. The van der Waals surface area contributed by atoms with Crippen molar-refractivity contribution in [1.29, 1.82) is 0 Å². The Labute approximate surface area is 83.9 Å². The summed E-state index contributed by atoms with van der Waals surface area (Å²) in [6.45, 7) is 3.76. The third kappa shape index (κ3) is 1.52. The number of rotatable bonds is 3. The van der Waals surface area contributed by atoms with Crippen LogP contribution in [-0.2, 0) is 0 Å². The molecule has 0 N–H and O–H groups in total. The second-order valence-electron chi connectivity index (χ2n) is 4.49. The molecule has 2 saturated carbocycles. The molecule has 0 aromatic carbocycles. The van der Waals surface area contributed by atoms with Crippen LogP contribution >= 0.6 is 23.2 Å². The highest BCUT2D eigenvalue weighted by Gasteiger charge is 2.53. The molecule has 0 aromatic rings. The van der Waals surface area contributed by atoms with Crippen molar-refractivity contribution in [1.82, 2.24) is 0 Å². The number of hydrogen-bond donors (Lipinski definition) is 0. The second-order valence-corrected chi connectivity index (χ2v) is 5.29. The van der Waals surface area contributed by atoms with Crippen LogP contribution in [0.2, 0.25) is 0 Å². The van der Waals surface area contributed by atoms with Crippen LogP contribution in [0.5, 0.6) is 0 Å². The van der Waals surface area contributed by atoms with Gasteiger partial charge in [-0.05, 0) is 42.9 Å². The van der Waals surface area contributed by atoms with E-state index in [4.69, 9.17) is 23.2 Å². The van der Waals surface area contributed by atoms with Gasteiger partial charge in [0.05, 0.1) is 0 Å². The highest BCUT2D eigenvalue weighted by molar-refractivity contribution is 6.29. The lowest BCUT2D eigenvalue weighted by Gasteiger charge is -2.27. The van der Waals surface area contributed by atoms with Crippen LogP contribution in [-0.4, -0.2) is 5.88 Å². The van der Waals surface area contributed by atoms with Gasteiger partial charge in [0.1, 0.15) is 0 Å². The van der Waals surface area contributed by atoms with E-state index in [0.29, 0.717) is 5.41 Å². The van der Waals surface area contributed by atoms with Crippen molar-refractivity contribution in [2.75, 3.05) is 5.88 Å². The molecule has 0 aliphatic heterocycles. The summed E-state index contributed by atoms with van der Waals surface area (Å²) in [5, 5.41) is 0.775. The maximum Gasteiger partial charge on any atom is 0.0283 e. The van der Waals surface area contributed by atoms with Gasteiger partial charge in [0.2, 0.25) is 0 Å². The van der Waals surface area contributed by atoms with Gasteiger partial charge < -0.3 is 0 Å². The van der Waals surface area contributed by atoms with Gasteiger partial charge >= 0.3 is 0 Å². The summed E-state index contributed by atoms with van der Waals surface area (Å²) in [5.41, 5.74) is 0.313. The molecular formula is C10H14Cl2. The first-order valence-electron chi connectivity index (χ1n) is 4.54. The van der Waals surface area contributed by atoms with Gasteiger partial charge in [-0.2, -0.15) is 0 Å². The van der Waals surface area contributed by atoms with Gasteiger partial charge in [-0.1, -0.05) is 18.2 Å². The van der Waals surface area contributed by atoms with E-state index in [2.05, 4.69) is 6.58 Å². The number of halogens is 2. The lowest BCUT2D eigenvalue weighted by atomic mass is 9.82. The van der Waals surface area contributed by atoms with Crippen molar-refractivity contribution in [2.45, 2.75) is 25.7 Å². The highest BCUT2D eigenvalue weighted by Crippen LogP contribution is 2.62. The van der Waals surface area contributed by atoms with E-state index in [1.807, 2.05) is 0 Å². The van der Waals surface area contributed by atoms with Gasteiger partial charge in [0, 0.05) is 10.9 Å². The molecule has 0 heterocycles. The van der Waals surface area contributed by atoms with Crippen LogP contribution in [0.4, 0.5) is 0 Å². The Bertz CT molecular complexity index is 200. The first-order chi connectivity index (χ1) is 5.65. The standard InChI is InChI=1S/C10H14Cl2/c1-7(12)3-10(6-11)4-8-2-9(8)5-10/h8-9H,1-6H2. The van der Waals surface area contributed by atoms with Crippen LogP contribution in [0.3, 0.4) is 0 Å². The zero-order valence-electron chi connectivity index (χ0n) is 7.15. The molecule has 12 heavy (non-hydrogen) atoms. The monoisotopic (exact) mass is 204 g/mol. The SMILES string of the molecule is C=C(Cl)CC1(CCl)CC2CC2C1. The predicted octanol–water partition coefficient (Wildman–Crippen LogP) is 3.78. The summed E-state index contributed by atoms with van der Waals surface area (Å²) in [5.74, 6) is 2.70. The molecule has 0 saturated heterocycles. The first kappa shape index (κ1) is 8.90. The lowest BCUT2D eigenvalue weighted by Crippen LogP contribution is -2.20. The van der Waals surface area contributed by atoms with Crippen LogP contribution in [0.25, 0.3) is 0 Å². The van der Waals surface area contributed by atoms with E-state index < -0.39 is 0 Å². The van der Waals surface area contributed by atoms with Gasteiger partial charge in [0.25, 0.3) is 0 Å². The Kier molecular flexibility index (Phi) is 2.17. The van der Waals surface area contributed by atoms with Gasteiger partial charge in [-0.3, -0.25) is 0 Å². The summed E-state index contributed by atoms with van der Waals surface area (Å²) >= 11 is 11.8. The fourth-order valence-electron chi connectivity index (χ4n) is 2.71. The van der Waals surface area contributed by atoms with E-state index >= 15 is 0 Å². The molecule has 0 nitrogen and oxygen atoms in total. The normalized spacial score (nSPS) is 44.2. The molecule has 68 valence electrons. The average Bonchev–Trinajstić information content (AvgIpc) is 2.59. The quantitative estimate of drug-likeness (QED) is 0.615. The van der Waals surface area contributed by atoms with Gasteiger partial charge in [-0.25, -0.2) is 0 Å². The van der Waals surface area contributed by atoms with E-state index in [-0.39, 0.29) is 0 Å². The zero-order chi connectivity index (χ0) is 8.77. The fraction of sp³-hybridized carbons (Fsp3) is 0.800. The third-order valence-electron chi connectivity index (χ3n) is 3.31. The molecular weight excluding hydrogens is 191 g/mol. The smallest absolute Gasteiger partial charge is 0.0283 e. The summed E-state index contributed by atoms with van der Waals surface area (Å²) < 4.78 is 0. The Hall–Kier alpha value is 0.320. The second kappa shape index (κ2) is 2.92. The topological polar surface area (TPSA) is 0 Å². The number of fused-ring (bicyclic) bond motifs is 1. The van der Waals surface area contributed by atoms with Crippen molar-refractivity contribution < 1.29 is 0 Å². The first-order valence-corrected chi connectivity index (χ1v) is 5.46. The molecule has 2 aliphatic carbocycles. The molecule has 2 fully saturated rings. The van der Waals surface area contributed by atoms with E-state index in [9.17, 15) is 0 Å². The molecule has 0 bridgehead atoms. The number of alkyl halides is 1. The zero-order valence-corrected chi connectivity index (χ0v) is 8.67. The highest BCUT2D eigenvalue weighted by atomic mass is 35.5. The average molecular weight is 205 g/mol. The lowest BCUT2D eigenvalue weighted by molar-refractivity contribution is 0.307. The summed E-state index contributed by atoms with van der Waals surface area (Å²) in [6.07, 6.45) is 4.93. The number of allylic oxidation sites excluding steroid dienone is 1. The largest absolute Gasteiger partial charge is 0.126 e. The molecule has 2 heteroatoms. The van der Waals surface area contributed by atoms with Gasteiger partial charge in [0.15, 0.2) is 0 Å². The maximum atomic E-state index is 5.99. The van der Waals surface area contributed by atoms with Crippen molar-refractivity contribution in [3.05, 3.63) is 11.6 Å². The molecule has 0 aromatic heterocycles. The van der Waals surface area contributed by atoms with Crippen LogP contribution in [0.1, 0.15) is 25.7 Å². The Morgan fingerprint density at radius 3 is 2.42 bits per heavy atom. The minimum absolute atomic E-state index is 0.313. The van der Waals surface area contributed by atoms with Crippen LogP contribution < -0.4 is 0 Å². The van der Waals surface area contributed by atoms with Gasteiger partial charge in [-0.15, -0.1) is 11.6 Å². The minimum atomic E-state index is 0.313. The van der Waals surface area contributed by atoms with E-state index in [1.54, 1.807) is 0 Å².